The van der Waals surface area contributed by atoms with E-state index in [1.54, 1.807) is 28.8 Å². The maximum Gasteiger partial charge on any atom is 0.203 e. The summed E-state index contributed by atoms with van der Waals surface area (Å²) < 4.78 is 3.68. The molecule has 1 aromatic heterocycles. The maximum absolute atomic E-state index is 12.8. The molecule has 1 aliphatic carbocycles. The Bertz CT molecular complexity index is 1300. The van der Waals surface area contributed by atoms with Crippen LogP contribution in [-0.4, -0.2) is 22.8 Å². The van der Waals surface area contributed by atoms with E-state index in [1.165, 1.54) is 5.57 Å². The zero-order chi connectivity index (χ0) is 21.3. The number of fused-ring (bicyclic) bond motifs is 1. The van der Waals surface area contributed by atoms with Crippen LogP contribution in [0.1, 0.15) is 29.3 Å². The van der Waals surface area contributed by atoms with Crippen LogP contribution >= 0.6 is 0 Å². The molecule has 30 heavy (non-hydrogen) atoms. The van der Waals surface area contributed by atoms with Gasteiger partial charge in [0.25, 0.3) is 0 Å². The van der Waals surface area contributed by atoms with Gasteiger partial charge < -0.3 is 9.13 Å². The van der Waals surface area contributed by atoms with Gasteiger partial charge in [-0.05, 0) is 23.5 Å². The number of hydrogen-bond acceptors (Lipinski definition) is 2. The topological polar surface area (TPSA) is 50.8 Å². The lowest BCUT2D eigenvalue weighted by Crippen LogP contribution is -2.39. The molecular weight excluding hydrogens is 369 g/mol. The zero-order valence-electron chi connectivity index (χ0n) is 17.3. The number of carbonyl (C=O) groups is 1. The fourth-order valence-electron chi connectivity index (χ4n) is 3.96. The van der Waals surface area contributed by atoms with Crippen molar-refractivity contribution in [3.8, 4) is 0 Å². The lowest BCUT2D eigenvalue weighted by molar-refractivity contribution is 0.0969. The first kappa shape index (κ1) is 20.0. The number of carbonyl (C=O) groups excluding carboxylic acids is 1. The second-order valence-corrected chi connectivity index (χ2v) is 7.79. The molecule has 0 bridgehead atoms. The number of hydrogen-bond donors (Lipinski definition) is 1. The number of aromatic nitrogens is 2. The summed E-state index contributed by atoms with van der Waals surface area (Å²) in [6.45, 7) is 2.33. The van der Waals surface area contributed by atoms with Crippen molar-refractivity contribution >= 4 is 36.8 Å². The Kier molecular flexibility index (Phi) is 5.45. The second-order valence-electron chi connectivity index (χ2n) is 7.79. The van der Waals surface area contributed by atoms with E-state index in [0.717, 1.165) is 22.7 Å². The van der Waals surface area contributed by atoms with Gasteiger partial charge in [-0.3, -0.25) is 10.2 Å². The summed E-state index contributed by atoms with van der Waals surface area (Å²) in [7, 11) is 7.63. The first-order valence-electron chi connectivity index (χ1n) is 10.1. The molecule has 2 radical (unpaired) electrons. The highest BCUT2D eigenvalue weighted by molar-refractivity contribution is 6.32. The SMILES string of the molecule is [B]c1ccc(C(=O)Cn2c3c(n(C)c2=N)=C(/C=C/c2ccccc2)[C@H](C)CC=3)cc1. The molecule has 1 N–H and O–H groups in total. The number of nitrogens with zero attached hydrogens (tertiary/aromatic N) is 2. The molecule has 1 heterocycles. The molecule has 0 fully saturated rings. The monoisotopic (exact) mass is 393 g/mol. The predicted molar refractivity (Wildman–Crippen MR) is 122 cm³/mol. The van der Waals surface area contributed by atoms with E-state index in [4.69, 9.17) is 13.3 Å². The summed E-state index contributed by atoms with van der Waals surface area (Å²) in [6, 6.07) is 17.1. The molecule has 4 nitrogen and oxygen atoms in total. The highest BCUT2D eigenvalue weighted by Crippen LogP contribution is 2.19. The van der Waals surface area contributed by atoms with Crippen molar-refractivity contribution in [3.63, 3.8) is 0 Å². The van der Waals surface area contributed by atoms with Gasteiger partial charge in [0.2, 0.25) is 5.62 Å². The number of benzene rings is 2. The van der Waals surface area contributed by atoms with Crippen molar-refractivity contribution in [2.45, 2.75) is 19.9 Å². The van der Waals surface area contributed by atoms with Crippen molar-refractivity contribution in [2.75, 3.05) is 0 Å². The fraction of sp³-hybridized carbons (Fsp3) is 0.200. The van der Waals surface area contributed by atoms with Crippen LogP contribution in [0.3, 0.4) is 0 Å². The fourth-order valence-corrected chi connectivity index (χ4v) is 3.96. The second kappa shape index (κ2) is 8.19. The summed E-state index contributed by atoms with van der Waals surface area (Å²) in [6.07, 6.45) is 7.29. The van der Waals surface area contributed by atoms with Gasteiger partial charge >= 0.3 is 0 Å². The van der Waals surface area contributed by atoms with Crippen molar-refractivity contribution in [1.29, 1.82) is 5.41 Å². The molecule has 3 aromatic rings. The third kappa shape index (κ3) is 3.75. The summed E-state index contributed by atoms with van der Waals surface area (Å²) >= 11 is 0. The normalized spacial score (nSPS) is 15.8. The Hall–Kier alpha value is -3.34. The molecule has 1 atom stereocenters. The van der Waals surface area contributed by atoms with Gasteiger partial charge in [-0.15, -0.1) is 0 Å². The molecule has 5 heteroatoms. The number of rotatable bonds is 5. The number of nitrogens with one attached hydrogen (secondary N) is 1. The van der Waals surface area contributed by atoms with Crippen LogP contribution in [0.5, 0.6) is 0 Å². The molecule has 4 rings (SSSR count). The summed E-state index contributed by atoms with van der Waals surface area (Å²) in [5, 5.41) is 10.6. The summed E-state index contributed by atoms with van der Waals surface area (Å²) in [5.74, 6) is 0.307. The third-order valence-corrected chi connectivity index (χ3v) is 5.70. The Morgan fingerprint density at radius 3 is 2.53 bits per heavy atom. The Morgan fingerprint density at radius 2 is 1.83 bits per heavy atom. The molecule has 0 spiro atoms. The highest BCUT2D eigenvalue weighted by atomic mass is 16.1. The van der Waals surface area contributed by atoms with Crippen molar-refractivity contribution in [3.05, 3.63) is 88.1 Å². The van der Waals surface area contributed by atoms with E-state index in [1.807, 2.05) is 29.8 Å². The standard InChI is InChI=1S/C25H24BN3O/c1-17-8-15-22-24(21(17)14-9-18-6-4-3-5-7-18)28(2)25(27)29(22)16-23(30)19-10-12-20(26)13-11-19/h3-7,9-15,17,27H,8,16H2,1-2H3/b14-9+,27-25?/t17-/m1/s1. The van der Waals surface area contributed by atoms with Gasteiger partial charge in [0, 0.05) is 12.6 Å². The molecule has 0 saturated heterocycles. The van der Waals surface area contributed by atoms with E-state index in [-0.39, 0.29) is 12.3 Å². The molecule has 0 saturated carbocycles. The highest BCUT2D eigenvalue weighted by Gasteiger charge is 2.18. The Balaban J connectivity index is 1.79. The van der Waals surface area contributed by atoms with Gasteiger partial charge in [-0.25, -0.2) is 0 Å². The van der Waals surface area contributed by atoms with Crippen LogP contribution in [0.4, 0.5) is 0 Å². The molecule has 1 aliphatic rings. The average Bonchev–Trinajstić information content (AvgIpc) is 2.99. The number of allylic oxidation sites excluding steroid dienone is 1. The van der Waals surface area contributed by atoms with Gasteiger partial charge in [0.1, 0.15) is 7.85 Å². The minimum absolute atomic E-state index is 0.0321. The molecule has 148 valence electrons. The third-order valence-electron chi connectivity index (χ3n) is 5.70. The lowest BCUT2D eigenvalue weighted by Gasteiger charge is -2.15. The quantitative estimate of drug-likeness (QED) is 0.521. The van der Waals surface area contributed by atoms with E-state index < -0.39 is 0 Å². The van der Waals surface area contributed by atoms with Crippen molar-refractivity contribution < 1.29 is 4.79 Å². The zero-order valence-corrected chi connectivity index (χ0v) is 17.3. The van der Waals surface area contributed by atoms with Crippen molar-refractivity contribution in [2.24, 2.45) is 13.0 Å². The van der Waals surface area contributed by atoms with E-state index >= 15 is 0 Å². The van der Waals surface area contributed by atoms with E-state index in [0.29, 0.717) is 22.6 Å². The minimum atomic E-state index is -0.0321. The molecule has 2 aromatic carbocycles. The number of Topliss-reactive ketones (excluding diaryl/α,β-unsaturated/α-hetero) is 1. The molecule has 0 unspecified atom stereocenters. The summed E-state index contributed by atoms with van der Waals surface area (Å²) in [4.78, 5) is 12.8. The Labute approximate surface area is 177 Å². The molecular formula is C25H24BN3O. The number of imidazole rings is 1. The van der Waals surface area contributed by atoms with E-state index in [2.05, 4.69) is 37.3 Å². The van der Waals surface area contributed by atoms with Crippen LogP contribution in [0.25, 0.3) is 17.7 Å². The first-order chi connectivity index (χ1) is 14.5. The van der Waals surface area contributed by atoms with Crippen LogP contribution in [-0.2, 0) is 13.6 Å². The van der Waals surface area contributed by atoms with E-state index in [9.17, 15) is 4.79 Å². The maximum atomic E-state index is 12.8. The first-order valence-corrected chi connectivity index (χ1v) is 10.1. The Morgan fingerprint density at radius 1 is 1.13 bits per heavy atom. The van der Waals surface area contributed by atoms with Gasteiger partial charge in [-0.2, -0.15) is 0 Å². The van der Waals surface area contributed by atoms with Crippen molar-refractivity contribution in [1.82, 2.24) is 9.13 Å². The van der Waals surface area contributed by atoms with Gasteiger partial charge in [-0.1, -0.05) is 85.2 Å². The smallest absolute Gasteiger partial charge is 0.203 e. The minimum Gasteiger partial charge on any atom is -0.313 e. The van der Waals surface area contributed by atoms with Gasteiger partial charge in [0.05, 0.1) is 17.2 Å². The van der Waals surface area contributed by atoms with Crippen LogP contribution < -0.4 is 21.8 Å². The largest absolute Gasteiger partial charge is 0.313 e. The lowest BCUT2D eigenvalue weighted by atomic mass is 9.92. The van der Waals surface area contributed by atoms with Crippen LogP contribution in [0.15, 0.2) is 60.7 Å². The van der Waals surface area contributed by atoms with Crippen LogP contribution in [0, 0.1) is 11.3 Å². The summed E-state index contributed by atoms with van der Waals surface area (Å²) in [5.41, 5.74) is 3.88. The number of ketones is 1. The molecule has 0 aliphatic heterocycles. The average molecular weight is 393 g/mol. The van der Waals surface area contributed by atoms with Crippen LogP contribution in [0.2, 0.25) is 0 Å². The van der Waals surface area contributed by atoms with Gasteiger partial charge in [0.15, 0.2) is 5.78 Å². The molecule has 0 amide bonds. The predicted octanol–water partition coefficient (Wildman–Crippen LogP) is 1.67.